The lowest BCUT2D eigenvalue weighted by molar-refractivity contribution is -0.121. The van der Waals surface area contributed by atoms with E-state index in [4.69, 9.17) is 27.9 Å². The molecule has 0 fully saturated rings. The number of nitrogens with one attached hydrogen (secondary N) is 1. The van der Waals surface area contributed by atoms with E-state index >= 15 is 0 Å². The Bertz CT molecular complexity index is 591. The van der Waals surface area contributed by atoms with Crippen molar-refractivity contribution >= 4 is 34.8 Å². The molecule has 0 saturated carbocycles. The minimum atomic E-state index is -0.313. The summed E-state index contributed by atoms with van der Waals surface area (Å²) in [5, 5.41) is 3.18. The summed E-state index contributed by atoms with van der Waals surface area (Å²) in [5.41, 5.74) is 1.37. The number of amides is 1. The monoisotopic (exact) mass is 310 g/mol. The van der Waals surface area contributed by atoms with Crippen molar-refractivity contribution in [2.75, 3.05) is 11.9 Å². The minimum absolute atomic E-state index is 0.0717. The van der Waals surface area contributed by atoms with Crippen LogP contribution in [0.1, 0.15) is 5.56 Å². The van der Waals surface area contributed by atoms with Crippen LogP contribution >= 0.6 is 23.2 Å². The standard InChI is InChI=1S/C14H12Cl2N2O2/c15-11-6-12(14(16)17-7-11)18-13(19)9-20-8-10-4-2-1-3-5-10/h1-7H,8-9H2,(H,18,19). The van der Waals surface area contributed by atoms with Crippen LogP contribution in [0.15, 0.2) is 42.6 Å². The zero-order chi connectivity index (χ0) is 14.4. The third kappa shape index (κ3) is 4.49. The molecule has 1 N–H and O–H groups in total. The van der Waals surface area contributed by atoms with Gasteiger partial charge < -0.3 is 10.1 Å². The van der Waals surface area contributed by atoms with Crippen molar-refractivity contribution < 1.29 is 9.53 Å². The molecule has 0 aliphatic carbocycles. The van der Waals surface area contributed by atoms with Gasteiger partial charge in [-0.3, -0.25) is 4.79 Å². The molecule has 1 amide bonds. The first-order valence-electron chi connectivity index (χ1n) is 5.88. The second-order valence-corrected chi connectivity index (χ2v) is 4.81. The average Bonchev–Trinajstić information content (AvgIpc) is 2.44. The maximum atomic E-state index is 11.7. The van der Waals surface area contributed by atoms with Gasteiger partial charge in [-0.15, -0.1) is 0 Å². The summed E-state index contributed by atoms with van der Waals surface area (Å²) >= 11 is 11.6. The van der Waals surface area contributed by atoms with Crippen molar-refractivity contribution in [1.29, 1.82) is 0 Å². The van der Waals surface area contributed by atoms with Crippen LogP contribution in [0, 0.1) is 0 Å². The Morgan fingerprint density at radius 1 is 1.25 bits per heavy atom. The third-order valence-electron chi connectivity index (χ3n) is 2.42. The van der Waals surface area contributed by atoms with Crippen LogP contribution < -0.4 is 5.32 Å². The molecule has 0 unspecified atom stereocenters. The number of aromatic nitrogens is 1. The summed E-state index contributed by atoms with van der Waals surface area (Å²) in [6.07, 6.45) is 1.41. The number of halogens is 2. The molecule has 1 aromatic heterocycles. The molecule has 2 aromatic rings. The third-order valence-corrected chi connectivity index (χ3v) is 2.93. The van der Waals surface area contributed by atoms with E-state index in [9.17, 15) is 4.79 Å². The second-order valence-electron chi connectivity index (χ2n) is 4.02. The van der Waals surface area contributed by atoms with Crippen molar-refractivity contribution in [3.8, 4) is 0 Å². The molecule has 1 aromatic carbocycles. The van der Waals surface area contributed by atoms with Gasteiger partial charge in [0.15, 0.2) is 5.15 Å². The molecule has 4 nitrogen and oxygen atoms in total. The normalized spacial score (nSPS) is 10.3. The van der Waals surface area contributed by atoms with Gasteiger partial charge in [-0.25, -0.2) is 4.98 Å². The fourth-order valence-electron chi connectivity index (χ4n) is 1.53. The van der Waals surface area contributed by atoms with Gasteiger partial charge in [0.1, 0.15) is 6.61 Å². The number of hydrogen-bond donors (Lipinski definition) is 1. The Labute approximate surface area is 126 Å². The highest BCUT2D eigenvalue weighted by Gasteiger charge is 2.07. The van der Waals surface area contributed by atoms with Crippen molar-refractivity contribution in [1.82, 2.24) is 4.98 Å². The predicted molar refractivity (Wildman–Crippen MR) is 79.0 cm³/mol. The molecule has 6 heteroatoms. The molecule has 0 bridgehead atoms. The second kappa shape index (κ2) is 7.24. The van der Waals surface area contributed by atoms with Crippen molar-refractivity contribution in [3.05, 3.63) is 58.3 Å². The van der Waals surface area contributed by atoms with E-state index in [0.717, 1.165) is 5.56 Å². The number of carbonyl (C=O) groups excluding carboxylic acids is 1. The molecule has 0 radical (unpaired) electrons. The minimum Gasteiger partial charge on any atom is -0.367 e. The number of nitrogens with zero attached hydrogens (tertiary/aromatic N) is 1. The fraction of sp³-hybridized carbons (Fsp3) is 0.143. The topological polar surface area (TPSA) is 51.2 Å². The summed E-state index contributed by atoms with van der Waals surface area (Å²) in [7, 11) is 0. The van der Waals surface area contributed by atoms with E-state index in [0.29, 0.717) is 17.3 Å². The highest BCUT2D eigenvalue weighted by molar-refractivity contribution is 6.34. The smallest absolute Gasteiger partial charge is 0.250 e. The van der Waals surface area contributed by atoms with Crippen molar-refractivity contribution in [2.24, 2.45) is 0 Å². The molecule has 0 aliphatic rings. The molecule has 20 heavy (non-hydrogen) atoms. The van der Waals surface area contributed by atoms with Gasteiger partial charge in [-0.05, 0) is 11.6 Å². The first kappa shape index (κ1) is 14.8. The lowest BCUT2D eigenvalue weighted by Gasteiger charge is -2.07. The zero-order valence-corrected chi connectivity index (χ0v) is 12.0. The van der Waals surface area contributed by atoms with E-state index in [-0.39, 0.29) is 17.7 Å². The van der Waals surface area contributed by atoms with Gasteiger partial charge in [-0.2, -0.15) is 0 Å². The molecule has 2 rings (SSSR count). The molecule has 0 spiro atoms. The highest BCUT2D eigenvalue weighted by atomic mass is 35.5. The molecular weight excluding hydrogens is 299 g/mol. The number of rotatable bonds is 5. The van der Waals surface area contributed by atoms with Crippen LogP contribution in [0.3, 0.4) is 0 Å². The van der Waals surface area contributed by atoms with Gasteiger partial charge in [-0.1, -0.05) is 53.5 Å². The lowest BCUT2D eigenvalue weighted by Crippen LogP contribution is -2.18. The van der Waals surface area contributed by atoms with Crippen LogP contribution in [-0.2, 0) is 16.1 Å². The molecule has 1 heterocycles. The van der Waals surface area contributed by atoms with Crippen molar-refractivity contribution in [3.63, 3.8) is 0 Å². The fourth-order valence-corrected chi connectivity index (χ4v) is 1.84. The molecule has 0 aliphatic heterocycles. The Morgan fingerprint density at radius 3 is 2.75 bits per heavy atom. The molecule has 0 atom stereocenters. The summed E-state index contributed by atoms with van der Waals surface area (Å²) in [6.45, 7) is 0.299. The number of benzene rings is 1. The zero-order valence-electron chi connectivity index (χ0n) is 10.5. The first-order valence-corrected chi connectivity index (χ1v) is 6.63. The van der Waals surface area contributed by atoms with Gasteiger partial charge >= 0.3 is 0 Å². The van der Waals surface area contributed by atoms with Crippen LogP contribution in [0.2, 0.25) is 10.2 Å². The van der Waals surface area contributed by atoms with Gasteiger partial charge in [0, 0.05) is 6.20 Å². The maximum Gasteiger partial charge on any atom is 0.250 e. The Morgan fingerprint density at radius 2 is 2.00 bits per heavy atom. The number of pyridine rings is 1. The number of ether oxygens (including phenoxy) is 1. The Kier molecular flexibility index (Phi) is 5.35. The molecule has 0 saturated heterocycles. The van der Waals surface area contributed by atoms with Gasteiger partial charge in [0.25, 0.3) is 0 Å². The Hall–Kier alpha value is -1.62. The number of hydrogen-bond acceptors (Lipinski definition) is 3. The van der Waals surface area contributed by atoms with Crippen LogP contribution in [0.5, 0.6) is 0 Å². The van der Waals surface area contributed by atoms with E-state index < -0.39 is 0 Å². The van der Waals surface area contributed by atoms with Crippen molar-refractivity contribution in [2.45, 2.75) is 6.61 Å². The summed E-state index contributed by atoms with van der Waals surface area (Å²) in [5.74, 6) is -0.313. The Balaban J connectivity index is 1.82. The molecular formula is C14H12Cl2N2O2. The predicted octanol–water partition coefficient (Wildman–Crippen LogP) is 3.54. The number of anilines is 1. The summed E-state index contributed by atoms with van der Waals surface area (Å²) < 4.78 is 5.32. The van der Waals surface area contributed by atoms with Gasteiger partial charge in [0.2, 0.25) is 5.91 Å². The maximum absolute atomic E-state index is 11.7. The van der Waals surface area contributed by atoms with Crippen LogP contribution in [0.4, 0.5) is 5.69 Å². The summed E-state index contributed by atoms with van der Waals surface area (Å²) in [4.78, 5) is 15.5. The number of carbonyl (C=O) groups is 1. The van der Waals surface area contributed by atoms with E-state index in [2.05, 4.69) is 10.3 Å². The van der Waals surface area contributed by atoms with Crippen LogP contribution in [0.25, 0.3) is 0 Å². The summed E-state index contributed by atoms with van der Waals surface area (Å²) in [6, 6.07) is 11.1. The largest absolute Gasteiger partial charge is 0.367 e. The lowest BCUT2D eigenvalue weighted by atomic mass is 10.2. The van der Waals surface area contributed by atoms with E-state index in [1.807, 2.05) is 30.3 Å². The highest BCUT2D eigenvalue weighted by Crippen LogP contribution is 2.22. The van der Waals surface area contributed by atoms with E-state index in [1.54, 1.807) is 0 Å². The molecule has 104 valence electrons. The quantitative estimate of drug-likeness (QED) is 0.859. The van der Waals surface area contributed by atoms with Gasteiger partial charge in [0.05, 0.1) is 17.3 Å². The van der Waals surface area contributed by atoms with E-state index in [1.165, 1.54) is 12.3 Å². The average molecular weight is 311 g/mol. The van der Waals surface area contributed by atoms with Crippen LogP contribution in [-0.4, -0.2) is 17.5 Å². The SMILES string of the molecule is O=C(COCc1ccccc1)Nc1cc(Cl)cnc1Cl. The first-order chi connectivity index (χ1) is 9.65.